The Kier molecular flexibility index (Phi) is 5.43. The number of rotatable bonds is 5. The first-order valence-electron chi connectivity index (χ1n) is 5.86. The lowest BCUT2D eigenvalue weighted by molar-refractivity contribution is -0.0882. The normalized spacial score (nSPS) is 14.3. The molecule has 1 unspecified atom stereocenters. The quantitative estimate of drug-likeness (QED) is 0.812. The van der Waals surface area contributed by atoms with Crippen molar-refractivity contribution in [3.05, 3.63) is 60.7 Å². The summed E-state index contributed by atoms with van der Waals surface area (Å²) in [4.78, 5) is 0. The van der Waals surface area contributed by atoms with Crippen LogP contribution in [0.3, 0.4) is 0 Å². The Morgan fingerprint density at radius 1 is 1.40 bits per heavy atom. The molecule has 0 fully saturated rings. The molecule has 0 aliphatic rings. The number of halogens is 3. The van der Waals surface area contributed by atoms with Gasteiger partial charge in [-0.3, -0.25) is 0 Å². The van der Waals surface area contributed by atoms with Gasteiger partial charge in [-0.25, -0.2) is 0 Å². The predicted octanol–water partition coefficient (Wildman–Crippen LogP) is 4.39. The van der Waals surface area contributed by atoms with E-state index in [2.05, 4.69) is 6.58 Å². The van der Waals surface area contributed by atoms with Crippen LogP contribution in [0.5, 0.6) is 11.5 Å². The van der Waals surface area contributed by atoms with Crippen LogP contribution in [-0.2, 0) is 0 Å². The van der Waals surface area contributed by atoms with Gasteiger partial charge >= 0.3 is 6.18 Å². The molecular weight excluding hydrogens is 269 g/mol. The summed E-state index contributed by atoms with van der Waals surface area (Å²) < 4.78 is 43.2. The van der Waals surface area contributed by atoms with Gasteiger partial charge in [0.1, 0.15) is 17.6 Å². The first kappa shape index (κ1) is 15.9. The Labute approximate surface area is 115 Å². The van der Waals surface area contributed by atoms with E-state index in [9.17, 15) is 18.3 Å². The molecule has 0 amide bonds. The molecule has 1 aromatic rings. The van der Waals surface area contributed by atoms with Gasteiger partial charge in [-0.1, -0.05) is 30.9 Å². The highest BCUT2D eigenvalue weighted by molar-refractivity contribution is 5.32. The van der Waals surface area contributed by atoms with Crippen LogP contribution in [0.2, 0.25) is 0 Å². The number of hydrogen-bond acceptors (Lipinski definition) is 2. The molecule has 0 aliphatic carbocycles. The molecule has 108 valence electrons. The minimum atomic E-state index is -4.44. The van der Waals surface area contributed by atoms with Gasteiger partial charge in [0.05, 0.1) is 5.57 Å². The zero-order valence-corrected chi connectivity index (χ0v) is 10.9. The topological polar surface area (TPSA) is 29.5 Å². The van der Waals surface area contributed by atoms with Gasteiger partial charge in [0, 0.05) is 6.07 Å². The van der Waals surface area contributed by atoms with Crippen molar-refractivity contribution in [1.29, 1.82) is 0 Å². The Balaban J connectivity index is 2.74. The van der Waals surface area contributed by atoms with E-state index < -0.39 is 17.9 Å². The number of ether oxygens (including phenoxy) is 1. The highest BCUT2D eigenvalue weighted by Crippen LogP contribution is 2.27. The average molecular weight is 284 g/mol. The third-order valence-electron chi connectivity index (χ3n) is 2.31. The maximum Gasteiger partial charge on any atom is 0.416 e. The molecule has 0 saturated heterocycles. The molecule has 2 nitrogen and oxygen atoms in total. The third kappa shape index (κ3) is 5.22. The van der Waals surface area contributed by atoms with Crippen LogP contribution in [0.25, 0.3) is 0 Å². The van der Waals surface area contributed by atoms with Crippen LogP contribution in [-0.4, -0.2) is 17.4 Å². The zero-order chi connectivity index (χ0) is 15.2. The van der Waals surface area contributed by atoms with Crippen molar-refractivity contribution in [2.24, 2.45) is 0 Å². The highest BCUT2D eigenvalue weighted by atomic mass is 19.4. The molecule has 1 atom stereocenters. The van der Waals surface area contributed by atoms with E-state index in [-0.39, 0.29) is 5.75 Å². The molecule has 1 aromatic carbocycles. The van der Waals surface area contributed by atoms with E-state index in [0.717, 1.165) is 18.2 Å². The second-order valence-corrected chi connectivity index (χ2v) is 4.03. The number of aromatic hydroxyl groups is 1. The van der Waals surface area contributed by atoms with Crippen molar-refractivity contribution in [2.75, 3.05) is 0 Å². The Morgan fingerprint density at radius 3 is 2.65 bits per heavy atom. The van der Waals surface area contributed by atoms with Crippen LogP contribution in [0.15, 0.2) is 60.7 Å². The summed E-state index contributed by atoms with van der Waals surface area (Å²) in [7, 11) is 0. The smallest absolute Gasteiger partial charge is 0.416 e. The Bertz CT molecular complexity index is 516. The van der Waals surface area contributed by atoms with Gasteiger partial charge in [-0.15, -0.1) is 0 Å². The molecule has 0 bridgehead atoms. The number of phenols is 1. The molecule has 0 heterocycles. The molecule has 1 N–H and O–H groups in total. The van der Waals surface area contributed by atoms with Gasteiger partial charge in [0.2, 0.25) is 0 Å². The number of benzene rings is 1. The summed E-state index contributed by atoms with van der Waals surface area (Å²) in [5.41, 5.74) is -0.807. The zero-order valence-electron chi connectivity index (χ0n) is 10.9. The molecule has 20 heavy (non-hydrogen) atoms. The summed E-state index contributed by atoms with van der Waals surface area (Å²) in [6.45, 7) is 4.85. The van der Waals surface area contributed by atoms with E-state index in [4.69, 9.17) is 4.74 Å². The fraction of sp³-hybridized carbons (Fsp3) is 0.200. The van der Waals surface area contributed by atoms with E-state index in [1.807, 2.05) is 0 Å². The molecule has 0 aromatic heterocycles. The van der Waals surface area contributed by atoms with Crippen LogP contribution < -0.4 is 4.74 Å². The van der Waals surface area contributed by atoms with Crippen LogP contribution in [0.4, 0.5) is 13.2 Å². The minimum absolute atomic E-state index is 0.0289. The summed E-state index contributed by atoms with van der Waals surface area (Å²) in [6.07, 6.45) is -0.824. The lowest BCUT2D eigenvalue weighted by atomic mass is 10.2. The number of allylic oxidation sites excluding steroid dienone is 4. The fourth-order valence-electron chi connectivity index (χ4n) is 1.42. The van der Waals surface area contributed by atoms with Crippen LogP contribution >= 0.6 is 0 Å². The molecule has 0 aliphatic heterocycles. The maximum atomic E-state index is 12.6. The highest BCUT2D eigenvalue weighted by Gasteiger charge is 2.31. The fourth-order valence-corrected chi connectivity index (χ4v) is 1.42. The standard InChI is InChI=1S/C15H15F3O2/c1-3-5-12(15(16,17)18)9-8-11(2)20-14-7-4-6-13(19)10-14/h3-11,19H,1H2,2H3/b9-8-,12-5+. The van der Waals surface area contributed by atoms with Crippen molar-refractivity contribution in [1.82, 2.24) is 0 Å². The predicted molar refractivity (Wildman–Crippen MR) is 71.7 cm³/mol. The first-order valence-corrected chi connectivity index (χ1v) is 5.86. The minimum Gasteiger partial charge on any atom is -0.508 e. The van der Waals surface area contributed by atoms with Crippen molar-refractivity contribution in [3.63, 3.8) is 0 Å². The maximum absolute atomic E-state index is 12.6. The van der Waals surface area contributed by atoms with Crippen molar-refractivity contribution in [3.8, 4) is 11.5 Å². The van der Waals surface area contributed by atoms with E-state index >= 15 is 0 Å². The van der Waals surface area contributed by atoms with Gasteiger partial charge < -0.3 is 9.84 Å². The van der Waals surface area contributed by atoms with Crippen molar-refractivity contribution >= 4 is 0 Å². The van der Waals surface area contributed by atoms with Gasteiger partial charge in [0.25, 0.3) is 0 Å². The summed E-state index contributed by atoms with van der Waals surface area (Å²) in [6, 6.07) is 6.05. The summed E-state index contributed by atoms with van der Waals surface area (Å²) in [5.74, 6) is 0.407. The molecule has 0 spiro atoms. The first-order chi connectivity index (χ1) is 9.32. The largest absolute Gasteiger partial charge is 0.508 e. The lowest BCUT2D eigenvalue weighted by Crippen LogP contribution is -2.12. The molecule has 5 heteroatoms. The average Bonchev–Trinajstić information content (AvgIpc) is 2.33. The molecule has 0 saturated carbocycles. The second-order valence-electron chi connectivity index (χ2n) is 4.03. The second kappa shape index (κ2) is 6.84. The molecular formula is C15H15F3O2. The van der Waals surface area contributed by atoms with Gasteiger partial charge in [-0.2, -0.15) is 13.2 Å². The third-order valence-corrected chi connectivity index (χ3v) is 2.31. The van der Waals surface area contributed by atoms with Crippen molar-refractivity contribution in [2.45, 2.75) is 19.2 Å². The Hall–Kier alpha value is -2.17. The monoisotopic (exact) mass is 284 g/mol. The van der Waals surface area contributed by atoms with E-state index in [0.29, 0.717) is 5.75 Å². The van der Waals surface area contributed by atoms with Gasteiger partial charge in [-0.05, 0) is 25.1 Å². The van der Waals surface area contributed by atoms with Crippen LogP contribution in [0, 0.1) is 0 Å². The van der Waals surface area contributed by atoms with Gasteiger partial charge in [0.15, 0.2) is 0 Å². The molecule has 1 rings (SSSR count). The number of alkyl halides is 3. The SMILES string of the molecule is C=C/C=C(\C=C/C(C)Oc1cccc(O)c1)C(F)(F)F. The van der Waals surface area contributed by atoms with Crippen molar-refractivity contribution < 1.29 is 23.0 Å². The number of hydrogen-bond donors (Lipinski definition) is 1. The molecule has 0 radical (unpaired) electrons. The number of phenolic OH excluding ortho intramolecular Hbond substituents is 1. The lowest BCUT2D eigenvalue weighted by Gasteiger charge is -2.12. The summed E-state index contributed by atoms with van der Waals surface area (Å²) >= 11 is 0. The Morgan fingerprint density at radius 2 is 2.10 bits per heavy atom. The van der Waals surface area contributed by atoms with E-state index in [1.165, 1.54) is 18.2 Å². The van der Waals surface area contributed by atoms with Crippen LogP contribution in [0.1, 0.15) is 6.92 Å². The van der Waals surface area contributed by atoms with E-state index in [1.54, 1.807) is 19.1 Å². The summed E-state index contributed by atoms with van der Waals surface area (Å²) in [5, 5.41) is 9.25.